The molecule has 0 aliphatic carbocycles. The lowest BCUT2D eigenvalue weighted by Crippen LogP contribution is -2.58. The standard InChI is InChI=1S/C19H20N2O6S/c1-25-14-3-2-4-15(12-14)28(23,24)21-13-5-6-16-17(11-13)27-19(20-18(16)22)7-9-26-10-8-19/h2-6,11-12,21H,7-10H2,1H3,(H,20,22). The summed E-state index contributed by atoms with van der Waals surface area (Å²) in [7, 11) is -2.36. The van der Waals surface area contributed by atoms with Crippen LogP contribution in [0.5, 0.6) is 11.5 Å². The van der Waals surface area contributed by atoms with E-state index in [2.05, 4.69) is 10.0 Å². The largest absolute Gasteiger partial charge is 0.497 e. The van der Waals surface area contributed by atoms with Gasteiger partial charge < -0.3 is 19.5 Å². The smallest absolute Gasteiger partial charge is 0.262 e. The van der Waals surface area contributed by atoms with E-state index in [1.54, 1.807) is 18.2 Å². The molecule has 8 nitrogen and oxygen atoms in total. The van der Waals surface area contributed by atoms with Gasteiger partial charge in [0.25, 0.3) is 15.9 Å². The summed E-state index contributed by atoms with van der Waals surface area (Å²) in [5.74, 6) is 0.539. The summed E-state index contributed by atoms with van der Waals surface area (Å²) < 4.78 is 44.4. The normalized spacial score (nSPS) is 18.0. The molecule has 1 saturated heterocycles. The van der Waals surface area contributed by atoms with Crippen LogP contribution in [0.3, 0.4) is 0 Å². The van der Waals surface area contributed by atoms with Gasteiger partial charge in [0.15, 0.2) is 5.72 Å². The van der Waals surface area contributed by atoms with E-state index in [9.17, 15) is 13.2 Å². The Kier molecular flexibility index (Phi) is 4.64. The molecule has 2 aromatic carbocycles. The topological polar surface area (TPSA) is 103 Å². The van der Waals surface area contributed by atoms with Crippen molar-refractivity contribution in [3.8, 4) is 11.5 Å². The molecule has 2 aliphatic rings. The van der Waals surface area contributed by atoms with Crippen molar-refractivity contribution in [2.24, 2.45) is 0 Å². The molecular weight excluding hydrogens is 384 g/mol. The zero-order valence-electron chi connectivity index (χ0n) is 15.2. The number of methoxy groups -OCH3 is 1. The number of carbonyl (C=O) groups excluding carboxylic acids is 1. The number of hydrogen-bond donors (Lipinski definition) is 2. The summed E-state index contributed by atoms with van der Waals surface area (Å²) >= 11 is 0. The number of rotatable bonds is 4. The van der Waals surface area contributed by atoms with Crippen molar-refractivity contribution >= 4 is 21.6 Å². The van der Waals surface area contributed by atoms with Crippen molar-refractivity contribution < 1.29 is 27.4 Å². The molecule has 2 heterocycles. The number of sulfonamides is 1. The van der Waals surface area contributed by atoms with Gasteiger partial charge in [-0.15, -0.1) is 0 Å². The molecule has 0 aromatic heterocycles. The fourth-order valence-corrected chi connectivity index (χ4v) is 4.36. The molecule has 2 N–H and O–H groups in total. The molecule has 2 aliphatic heterocycles. The second-order valence-electron chi connectivity index (χ2n) is 6.66. The van der Waals surface area contributed by atoms with Gasteiger partial charge in [0.05, 0.1) is 36.5 Å². The summed E-state index contributed by atoms with van der Waals surface area (Å²) in [6.07, 6.45) is 1.05. The molecule has 0 atom stereocenters. The number of fused-ring (bicyclic) bond motifs is 1. The first-order chi connectivity index (χ1) is 13.4. The van der Waals surface area contributed by atoms with Crippen molar-refractivity contribution in [1.82, 2.24) is 5.32 Å². The number of benzene rings is 2. The zero-order chi connectivity index (χ0) is 19.8. The molecule has 1 spiro atoms. The number of amides is 1. The van der Waals surface area contributed by atoms with Gasteiger partial charge in [0.1, 0.15) is 11.5 Å². The van der Waals surface area contributed by atoms with Crippen LogP contribution in [-0.2, 0) is 14.8 Å². The Labute approximate surface area is 162 Å². The second-order valence-corrected chi connectivity index (χ2v) is 8.34. The van der Waals surface area contributed by atoms with E-state index in [1.807, 2.05) is 0 Å². The molecule has 1 fully saturated rings. The first-order valence-electron chi connectivity index (χ1n) is 8.81. The SMILES string of the molecule is COc1cccc(S(=O)(=O)Nc2ccc3c(c2)OC2(CCOCC2)NC3=O)c1. The lowest BCUT2D eigenvalue weighted by molar-refractivity contribution is -0.0660. The predicted molar refractivity (Wildman–Crippen MR) is 101 cm³/mol. The third-order valence-corrected chi connectivity index (χ3v) is 6.16. The molecule has 9 heteroatoms. The first-order valence-corrected chi connectivity index (χ1v) is 10.3. The number of anilines is 1. The van der Waals surface area contributed by atoms with E-state index in [4.69, 9.17) is 14.2 Å². The van der Waals surface area contributed by atoms with Crippen molar-refractivity contribution in [2.45, 2.75) is 23.5 Å². The van der Waals surface area contributed by atoms with Crippen molar-refractivity contribution in [3.63, 3.8) is 0 Å². The molecule has 148 valence electrons. The number of ether oxygens (including phenoxy) is 3. The summed E-state index contributed by atoms with van der Waals surface area (Å²) in [5, 5.41) is 2.90. The maximum absolute atomic E-state index is 12.7. The molecule has 28 heavy (non-hydrogen) atoms. The third-order valence-electron chi connectivity index (χ3n) is 4.78. The highest BCUT2D eigenvalue weighted by atomic mass is 32.2. The lowest BCUT2D eigenvalue weighted by Gasteiger charge is -2.41. The van der Waals surface area contributed by atoms with Gasteiger partial charge in [-0.1, -0.05) is 6.07 Å². The van der Waals surface area contributed by atoms with Crippen LogP contribution in [-0.4, -0.2) is 40.4 Å². The molecule has 0 radical (unpaired) electrons. The van der Waals surface area contributed by atoms with E-state index in [0.717, 1.165) is 0 Å². The van der Waals surface area contributed by atoms with Gasteiger partial charge in [-0.2, -0.15) is 0 Å². The van der Waals surface area contributed by atoms with Gasteiger partial charge in [0, 0.05) is 25.0 Å². The minimum Gasteiger partial charge on any atom is -0.497 e. The van der Waals surface area contributed by atoms with Crippen LogP contribution in [0.15, 0.2) is 47.4 Å². The summed E-state index contributed by atoms with van der Waals surface area (Å²) in [5.41, 5.74) is -0.146. The minimum absolute atomic E-state index is 0.0733. The Morgan fingerprint density at radius 1 is 1.14 bits per heavy atom. The van der Waals surface area contributed by atoms with Crippen LogP contribution < -0.4 is 19.5 Å². The van der Waals surface area contributed by atoms with Gasteiger partial charge in [-0.05, 0) is 24.3 Å². The Hall–Kier alpha value is -2.78. The highest BCUT2D eigenvalue weighted by Crippen LogP contribution is 2.35. The monoisotopic (exact) mass is 404 g/mol. The predicted octanol–water partition coefficient (Wildman–Crippen LogP) is 2.12. The molecule has 4 rings (SSSR count). The maximum Gasteiger partial charge on any atom is 0.262 e. The fourth-order valence-electron chi connectivity index (χ4n) is 3.28. The van der Waals surface area contributed by atoms with E-state index < -0.39 is 15.7 Å². The maximum atomic E-state index is 12.7. The summed E-state index contributed by atoms with van der Waals surface area (Å²) in [6.45, 7) is 0.968. The van der Waals surface area contributed by atoms with Crippen LogP contribution in [0.1, 0.15) is 23.2 Å². The zero-order valence-corrected chi connectivity index (χ0v) is 16.0. The molecule has 2 aromatic rings. The summed E-state index contributed by atoms with van der Waals surface area (Å²) in [6, 6.07) is 10.8. The lowest BCUT2D eigenvalue weighted by atomic mass is 10.00. The quantitative estimate of drug-likeness (QED) is 0.809. The Balaban J connectivity index is 1.62. The average Bonchev–Trinajstić information content (AvgIpc) is 2.68. The van der Waals surface area contributed by atoms with Gasteiger partial charge in [0.2, 0.25) is 0 Å². The van der Waals surface area contributed by atoms with E-state index in [-0.39, 0.29) is 10.8 Å². The molecule has 0 bridgehead atoms. The first kappa shape index (κ1) is 18.6. The Bertz CT molecular complexity index is 1010. The van der Waals surface area contributed by atoms with Crippen LogP contribution in [0.25, 0.3) is 0 Å². The van der Waals surface area contributed by atoms with Gasteiger partial charge >= 0.3 is 0 Å². The third kappa shape index (κ3) is 3.50. The van der Waals surface area contributed by atoms with Crippen molar-refractivity contribution in [1.29, 1.82) is 0 Å². The van der Waals surface area contributed by atoms with Crippen LogP contribution >= 0.6 is 0 Å². The molecule has 0 saturated carbocycles. The molecule has 0 unspecified atom stereocenters. The second kappa shape index (κ2) is 6.99. The molecular formula is C19H20N2O6S. The van der Waals surface area contributed by atoms with Gasteiger partial charge in [-0.25, -0.2) is 8.42 Å². The van der Waals surface area contributed by atoms with E-state index in [1.165, 1.54) is 31.4 Å². The number of carbonyl (C=O) groups is 1. The van der Waals surface area contributed by atoms with E-state index in [0.29, 0.717) is 48.8 Å². The highest BCUT2D eigenvalue weighted by molar-refractivity contribution is 7.92. The van der Waals surface area contributed by atoms with Crippen LogP contribution in [0.4, 0.5) is 5.69 Å². The Morgan fingerprint density at radius 3 is 2.68 bits per heavy atom. The van der Waals surface area contributed by atoms with Crippen LogP contribution in [0.2, 0.25) is 0 Å². The fraction of sp³-hybridized carbons (Fsp3) is 0.316. The van der Waals surface area contributed by atoms with E-state index >= 15 is 0 Å². The number of hydrogen-bond acceptors (Lipinski definition) is 6. The average molecular weight is 404 g/mol. The van der Waals surface area contributed by atoms with Crippen molar-refractivity contribution in [2.75, 3.05) is 25.0 Å². The molecule has 1 amide bonds. The highest BCUT2D eigenvalue weighted by Gasteiger charge is 2.41. The van der Waals surface area contributed by atoms with Crippen LogP contribution in [0, 0.1) is 0 Å². The summed E-state index contributed by atoms with van der Waals surface area (Å²) in [4.78, 5) is 12.5. The van der Waals surface area contributed by atoms with Crippen molar-refractivity contribution in [3.05, 3.63) is 48.0 Å². The minimum atomic E-state index is -3.83. The van der Waals surface area contributed by atoms with Gasteiger partial charge in [-0.3, -0.25) is 9.52 Å². The Morgan fingerprint density at radius 2 is 1.93 bits per heavy atom. The number of nitrogens with one attached hydrogen (secondary N) is 2.